The SMILES string of the molecule is CCCOc1ccccc1C(NC)c1ccc(Cl)cn1. The van der Waals surface area contributed by atoms with Crippen molar-refractivity contribution >= 4 is 11.6 Å². The van der Waals surface area contributed by atoms with E-state index in [1.165, 1.54) is 0 Å². The summed E-state index contributed by atoms with van der Waals surface area (Å²) in [5.41, 5.74) is 2.00. The molecule has 0 aliphatic carbocycles. The van der Waals surface area contributed by atoms with Crippen molar-refractivity contribution in [2.75, 3.05) is 13.7 Å². The van der Waals surface area contributed by atoms with Crippen LogP contribution in [0.5, 0.6) is 5.75 Å². The van der Waals surface area contributed by atoms with Crippen LogP contribution in [-0.4, -0.2) is 18.6 Å². The summed E-state index contributed by atoms with van der Waals surface area (Å²) in [6, 6.07) is 11.8. The van der Waals surface area contributed by atoms with Crippen LogP contribution in [0.1, 0.15) is 30.6 Å². The molecule has 0 saturated carbocycles. The van der Waals surface area contributed by atoms with E-state index in [2.05, 4.69) is 23.3 Å². The highest BCUT2D eigenvalue weighted by Gasteiger charge is 2.17. The zero-order chi connectivity index (χ0) is 14.4. The molecule has 1 atom stereocenters. The summed E-state index contributed by atoms with van der Waals surface area (Å²) >= 11 is 5.90. The standard InChI is InChI=1S/C16H19ClN2O/c1-3-10-20-15-7-5-4-6-13(15)16(18-2)14-9-8-12(17)11-19-14/h4-9,11,16,18H,3,10H2,1-2H3. The van der Waals surface area contributed by atoms with Crippen LogP contribution in [-0.2, 0) is 0 Å². The molecule has 1 unspecified atom stereocenters. The molecule has 4 heteroatoms. The van der Waals surface area contributed by atoms with Crippen LogP contribution >= 0.6 is 11.6 Å². The molecule has 2 aromatic rings. The molecule has 1 heterocycles. The van der Waals surface area contributed by atoms with Crippen molar-refractivity contribution in [3.63, 3.8) is 0 Å². The summed E-state index contributed by atoms with van der Waals surface area (Å²) < 4.78 is 5.82. The molecule has 20 heavy (non-hydrogen) atoms. The van der Waals surface area contributed by atoms with Gasteiger partial charge in [-0.1, -0.05) is 36.7 Å². The van der Waals surface area contributed by atoms with Crippen molar-refractivity contribution in [1.29, 1.82) is 0 Å². The molecule has 0 bridgehead atoms. The first-order chi connectivity index (χ1) is 9.76. The van der Waals surface area contributed by atoms with Crippen molar-refractivity contribution in [2.45, 2.75) is 19.4 Å². The van der Waals surface area contributed by atoms with Crippen LogP contribution in [0.2, 0.25) is 5.02 Å². The molecule has 0 amide bonds. The second-order valence-electron chi connectivity index (χ2n) is 4.51. The molecule has 0 saturated heterocycles. The van der Waals surface area contributed by atoms with Gasteiger partial charge in [-0.3, -0.25) is 4.98 Å². The summed E-state index contributed by atoms with van der Waals surface area (Å²) in [5.74, 6) is 0.894. The first-order valence-electron chi connectivity index (χ1n) is 6.76. The third-order valence-electron chi connectivity index (χ3n) is 3.03. The van der Waals surface area contributed by atoms with Gasteiger partial charge in [0.15, 0.2) is 0 Å². The van der Waals surface area contributed by atoms with Gasteiger partial charge in [0, 0.05) is 11.8 Å². The van der Waals surface area contributed by atoms with Crippen LogP contribution in [0.3, 0.4) is 0 Å². The smallest absolute Gasteiger partial charge is 0.124 e. The van der Waals surface area contributed by atoms with Crippen molar-refractivity contribution in [2.24, 2.45) is 0 Å². The highest BCUT2D eigenvalue weighted by molar-refractivity contribution is 6.30. The Hall–Kier alpha value is -1.58. The van der Waals surface area contributed by atoms with E-state index in [9.17, 15) is 0 Å². The van der Waals surface area contributed by atoms with Gasteiger partial charge in [-0.2, -0.15) is 0 Å². The highest BCUT2D eigenvalue weighted by atomic mass is 35.5. The number of ether oxygens (including phenoxy) is 1. The average Bonchev–Trinajstić information content (AvgIpc) is 2.49. The summed E-state index contributed by atoms with van der Waals surface area (Å²) in [5, 5.41) is 3.92. The van der Waals surface area contributed by atoms with Gasteiger partial charge in [-0.15, -0.1) is 0 Å². The fraction of sp³-hybridized carbons (Fsp3) is 0.312. The first-order valence-corrected chi connectivity index (χ1v) is 7.14. The number of benzene rings is 1. The number of pyridine rings is 1. The van der Waals surface area contributed by atoms with Crippen LogP contribution < -0.4 is 10.1 Å². The molecule has 0 radical (unpaired) electrons. The Balaban J connectivity index is 2.33. The maximum absolute atomic E-state index is 5.90. The number of halogens is 1. The van der Waals surface area contributed by atoms with Gasteiger partial charge >= 0.3 is 0 Å². The zero-order valence-corrected chi connectivity index (χ0v) is 12.5. The van der Waals surface area contributed by atoms with Crippen molar-refractivity contribution < 1.29 is 4.74 Å². The van der Waals surface area contributed by atoms with Crippen molar-refractivity contribution in [1.82, 2.24) is 10.3 Å². The molecule has 0 fully saturated rings. The minimum Gasteiger partial charge on any atom is -0.493 e. The predicted octanol–water partition coefficient (Wildman–Crippen LogP) is 3.83. The lowest BCUT2D eigenvalue weighted by Crippen LogP contribution is -2.19. The second kappa shape index (κ2) is 7.27. The quantitative estimate of drug-likeness (QED) is 0.878. The van der Waals surface area contributed by atoms with Crippen LogP contribution in [0, 0.1) is 0 Å². The first kappa shape index (κ1) is 14.8. The van der Waals surface area contributed by atoms with Gasteiger partial charge in [0.25, 0.3) is 0 Å². The number of nitrogens with one attached hydrogen (secondary N) is 1. The summed E-state index contributed by atoms with van der Waals surface area (Å²) in [6.45, 7) is 2.81. The molecule has 1 aromatic carbocycles. The molecule has 0 aliphatic heterocycles. The van der Waals surface area contributed by atoms with Gasteiger partial charge in [0.1, 0.15) is 5.75 Å². The lowest BCUT2D eigenvalue weighted by molar-refractivity contribution is 0.312. The van der Waals surface area contributed by atoms with Crippen LogP contribution in [0.25, 0.3) is 0 Å². The minimum absolute atomic E-state index is 0.0136. The van der Waals surface area contributed by atoms with E-state index in [-0.39, 0.29) is 6.04 Å². The predicted molar refractivity (Wildman–Crippen MR) is 82.4 cm³/mol. The Morgan fingerprint density at radius 1 is 1.25 bits per heavy atom. The van der Waals surface area contributed by atoms with Crippen LogP contribution in [0.4, 0.5) is 0 Å². The van der Waals surface area contributed by atoms with E-state index < -0.39 is 0 Å². The van der Waals surface area contributed by atoms with Gasteiger partial charge in [0.05, 0.1) is 23.4 Å². The van der Waals surface area contributed by atoms with E-state index in [1.807, 2.05) is 37.4 Å². The van der Waals surface area contributed by atoms with E-state index in [1.54, 1.807) is 6.20 Å². The summed E-state index contributed by atoms with van der Waals surface area (Å²) in [4.78, 5) is 4.40. The Morgan fingerprint density at radius 2 is 2.05 bits per heavy atom. The van der Waals surface area contributed by atoms with Crippen molar-refractivity contribution in [3.8, 4) is 5.75 Å². The Morgan fingerprint density at radius 3 is 2.70 bits per heavy atom. The number of aromatic nitrogens is 1. The molecular formula is C16H19ClN2O. The molecule has 106 valence electrons. The normalized spacial score (nSPS) is 12.2. The Bertz CT molecular complexity index is 542. The zero-order valence-electron chi connectivity index (χ0n) is 11.8. The Kier molecular flexibility index (Phi) is 5.39. The number of para-hydroxylation sites is 1. The minimum atomic E-state index is -0.0136. The van der Waals surface area contributed by atoms with Crippen LogP contribution in [0.15, 0.2) is 42.6 Å². The topological polar surface area (TPSA) is 34.1 Å². The number of hydrogen-bond donors (Lipinski definition) is 1. The number of rotatable bonds is 6. The molecule has 3 nitrogen and oxygen atoms in total. The molecule has 2 rings (SSSR count). The lowest BCUT2D eigenvalue weighted by Gasteiger charge is -2.19. The monoisotopic (exact) mass is 290 g/mol. The molecule has 0 aliphatic rings. The number of hydrogen-bond acceptors (Lipinski definition) is 3. The largest absolute Gasteiger partial charge is 0.493 e. The summed E-state index contributed by atoms with van der Waals surface area (Å²) in [7, 11) is 1.91. The van der Waals surface area contributed by atoms with Gasteiger partial charge in [-0.25, -0.2) is 0 Å². The highest BCUT2D eigenvalue weighted by Crippen LogP contribution is 2.29. The summed E-state index contributed by atoms with van der Waals surface area (Å²) in [6.07, 6.45) is 2.65. The van der Waals surface area contributed by atoms with Crippen molar-refractivity contribution in [3.05, 3.63) is 58.9 Å². The van der Waals surface area contributed by atoms with Gasteiger partial charge in [-0.05, 0) is 31.7 Å². The van der Waals surface area contributed by atoms with E-state index in [4.69, 9.17) is 16.3 Å². The third kappa shape index (κ3) is 3.50. The fourth-order valence-electron chi connectivity index (χ4n) is 2.08. The molecule has 0 spiro atoms. The van der Waals surface area contributed by atoms with E-state index >= 15 is 0 Å². The Labute approximate surface area is 124 Å². The lowest BCUT2D eigenvalue weighted by atomic mass is 10.0. The van der Waals surface area contributed by atoms with E-state index in [0.29, 0.717) is 11.6 Å². The third-order valence-corrected chi connectivity index (χ3v) is 3.25. The fourth-order valence-corrected chi connectivity index (χ4v) is 2.19. The maximum atomic E-state index is 5.90. The van der Waals surface area contributed by atoms with Gasteiger partial charge in [0.2, 0.25) is 0 Å². The van der Waals surface area contributed by atoms with Gasteiger partial charge < -0.3 is 10.1 Å². The molecule has 1 aromatic heterocycles. The molecule has 1 N–H and O–H groups in total. The second-order valence-corrected chi connectivity index (χ2v) is 4.95. The van der Waals surface area contributed by atoms with E-state index in [0.717, 1.165) is 23.4 Å². The number of nitrogens with zero attached hydrogens (tertiary/aromatic N) is 1. The average molecular weight is 291 g/mol. The molecular weight excluding hydrogens is 272 g/mol. The maximum Gasteiger partial charge on any atom is 0.124 e.